The second kappa shape index (κ2) is 7.44. The van der Waals surface area contributed by atoms with Crippen molar-refractivity contribution in [3.8, 4) is 12.1 Å². The van der Waals surface area contributed by atoms with Gasteiger partial charge < -0.3 is 9.83 Å². The lowest BCUT2D eigenvalue weighted by Crippen LogP contribution is -1.84. The molecule has 2 aromatic rings. The number of halogens is 2. The average molecular weight is 380 g/mol. The zero-order chi connectivity index (χ0) is 18.7. The predicted molar refractivity (Wildman–Crippen MR) is 100 cm³/mol. The van der Waals surface area contributed by atoms with E-state index in [0.29, 0.717) is 39.6 Å². The Bertz CT molecular complexity index is 1130. The second-order valence-electron chi connectivity index (χ2n) is 5.45. The third kappa shape index (κ3) is 3.47. The van der Waals surface area contributed by atoms with Crippen LogP contribution in [0.3, 0.4) is 0 Å². The number of benzene rings is 1. The molecule has 126 valence electrons. The van der Waals surface area contributed by atoms with Gasteiger partial charge in [0.25, 0.3) is 0 Å². The van der Waals surface area contributed by atoms with E-state index in [0.717, 1.165) is 5.57 Å². The highest BCUT2D eigenvalue weighted by molar-refractivity contribution is 6.33. The highest BCUT2D eigenvalue weighted by atomic mass is 35.5. The van der Waals surface area contributed by atoms with Crippen LogP contribution in [0.25, 0.3) is 22.1 Å². The molecule has 7 heteroatoms. The van der Waals surface area contributed by atoms with Crippen LogP contribution in [-0.2, 0) is 0 Å². The van der Waals surface area contributed by atoms with Crippen LogP contribution in [0.5, 0.6) is 0 Å². The smallest absolute Gasteiger partial charge is 0.238 e. The fourth-order valence-electron chi connectivity index (χ4n) is 2.56. The predicted octanol–water partition coefficient (Wildman–Crippen LogP) is 5.29. The fraction of sp³-hybridized carbons (Fsp3) is 0.105. The third-order valence-electron chi connectivity index (χ3n) is 3.81. The first-order valence-corrected chi connectivity index (χ1v) is 8.26. The maximum absolute atomic E-state index is 9.48. The van der Waals surface area contributed by atoms with E-state index in [9.17, 15) is 5.26 Å². The van der Waals surface area contributed by atoms with E-state index in [2.05, 4.69) is 11.1 Å². The first-order chi connectivity index (χ1) is 12.5. The van der Waals surface area contributed by atoms with Crippen molar-refractivity contribution in [1.29, 1.82) is 10.5 Å². The van der Waals surface area contributed by atoms with Crippen molar-refractivity contribution in [2.45, 2.75) is 12.8 Å². The van der Waals surface area contributed by atoms with E-state index in [4.69, 9.17) is 38.3 Å². The van der Waals surface area contributed by atoms with E-state index in [1.807, 2.05) is 0 Å². The molecule has 0 bridgehead atoms. The van der Waals surface area contributed by atoms with Crippen LogP contribution in [0, 0.1) is 22.7 Å². The van der Waals surface area contributed by atoms with E-state index in [1.165, 1.54) is 6.08 Å². The minimum absolute atomic E-state index is 0.0142. The van der Waals surface area contributed by atoms with E-state index < -0.39 is 0 Å². The molecule has 1 aromatic heterocycles. The van der Waals surface area contributed by atoms with Crippen LogP contribution in [0.15, 0.2) is 56.5 Å². The first-order valence-electron chi connectivity index (χ1n) is 7.50. The summed E-state index contributed by atoms with van der Waals surface area (Å²) >= 11 is 12.3. The zero-order valence-electron chi connectivity index (χ0n) is 13.3. The third-order valence-corrected chi connectivity index (χ3v) is 4.53. The molecule has 1 heterocycles. The Labute approximate surface area is 159 Å². The van der Waals surface area contributed by atoms with Gasteiger partial charge >= 0.3 is 0 Å². The Morgan fingerprint density at radius 2 is 2.04 bits per heavy atom. The molecule has 26 heavy (non-hydrogen) atoms. The number of fused-ring (bicyclic) bond motifs is 1. The molecule has 5 nitrogen and oxygen atoms in total. The van der Waals surface area contributed by atoms with Gasteiger partial charge in [-0.2, -0.15) is 10.5 Å². The maximum Gasteiger partial charge on any atom is 0.238 e. The van der Waals surface area contributed by atoms with Crippen LogP contribution >= 0.6 is 23.2 Å². The molecule has 0 unspecified atom stereocenters. The summed E-state index contributed by atoms with van der Waals surface area (Å²) in [6.07, 6.45) is 4.26. The molecule has 0 amide bonds. The molecule has 0 spiro atoms. The lowest BCUT2D eigenvalue weighted by molar-refractivity contribution is 0.586. The Balaban J connectivity index is 2.01. The van der Waals surface area contributed by atoms with Gasteiger partial charge in [0, 0.05) is 10.1 Å². The zero-order valence-corrected chi connectivity index (χ0v) is 14.8. The monoisotopic (exact) mass is 379 g/mol. The Hall–Kier alpha value is -3.08. The van der Waals surface area contributed by atoms with E-state index >= 15 is 0 Å². The van der Waals surface area contributed by atoms with Gasteiger partial charge in [-0.15, -0.1) is 0 Å². The number of allylic oxidation sites excluding steroid dienone is 7. The molecule has 3 rings (SSSR count). The van der Waals surface area contributed by atoms with Crippen molar-refractivity contribution >= 4 is 45.7 Å². The second-order valence-corrected chi connectivity index (χ2v) is 6.26. The Kier molecular flexibility index (Phi) is 5.07. The van der Waals surface area contributed by atoms with Gasteiger partial charge in [-0.05, 0) is 54.3 Å². The lowest BCUT2D eigenvalue weighted by Gasteiger charge is -1.97. The van der Waals surface area contributed by atoms with Gasteiger partial charge in [-0.25, -0.2) is 4.98 Å². The quantitative estimate of drug-likeness (QED) is 0.534. The number of rotatable bonds is 3. The minimum atomic E-state index is -0.0142. The minimum Gasteiger partial charge on any atom is -0.762 e. The highest BCUT2D eigenvalue weighted by Gasteiger charge is 2.19. The number of hydrogen-bond acceptors (Lipinski definition) is 4. The topological polar surface area (TPSA) is 95.9 Å². The number of nitriles is 2. The molecular formula is C19H9Cl2N4O-. The summed E-state index contributed by atoms with van der Waals surface area (Å²) in [5.41, 5.74) is 2.72. The Morgan fingerprint density at radius 1 is 1.23 bits per heavy atom. The van der Waals surface area contributed by atoms with Crippen LogP contribution in [0.1, 0.15) is 18.7 Å². The number of oxazole rings is 1. The van der Waals surface area contributed by atoms with Crippen molar-refractivity contribution in [2.75, 3.05) is 0 Å². The van der Waals surface area contributed by atoms with Crippen LogP contribution in [0.2, 0.25) is 5.02 Å². The lowest BCUT2D eigenvalue weighted by atomic mass is 10.1. The van der Waals surface area contributed by atoms with Gasteiger partial charge in [0.15, 0.2) is 5.58 Å². The average Bonchev–Trinajstić information content (AvgIpc) is 3.21. The number of nitrogens with zero attached hydrogens (tertiary/aromatic N) is 4. The summed E-state index contributed by atoms with van der Waals surface area (Å²) in [6, 6.07) is 8.90. The summed E-state index contributed by atoms with van der Waals surface area (Å²) in [5, 5.41) is 28.2. The molecule has 0 N–H and O–H groups in total. The Morgan fingerprint density at radius 3 is 2.73 bits per heavy atom. The van der Waals surface area contributed by atoms with Gasteiger partial charge in [-0.1, -0.05) is 23.2 Å². The normalized spacial score (nSPS) is 15.8. The molecule has 0 aliphatic heterocycles. The van der Waals surface area contributed by atoms with Crippen molar-refractivity contribution < 1.29 is 4.42 Å². The van der Waals surface area contributed by atoms with Crippen molar-refractivity contribution in [3.63, 3.8) is 0 Å². The van der Waals surface area contributed by atoms with Crippen LogP contribution in [-0.4, -0.2) is 10.9 Å². The SMILES string of the molecule is N#CC(=C=[N-])/C=C1\CCC(/C=C(\C#N)c2nc3cc(Cl)ccc3o2)=C1Cl. The number of hydrogen-bond donors (Lipinski definition) is 0. The summed E-state index contributed by atoms with van der Waals surface area (Å²) in [6.45, 7) is 0. The fourth-order valence-corrected chi connectivity index (χ4v) is 3.03. The maximum atomic E-state index is 9.48. The summed E-state index contributed by atoms with van der Waals surface area (Å²) < 4.78 is 5.62. The molecule has 0 saturated carbocycles. The first kappa shape index (κ1) is 17.7. The summed E-state index contributed by atoms with van der Waals surface area (Å²) in [4.78, 5) is 4.29. The van der Waals surface area contributed by atoms with E-state index in [-0.39, 0.29) is 17.0 Å². The molecule has 0 radical (unpaired) electrons. The molecular weight excluding hydrogens is 371 g/mol. The number of aromatic nitrogens is 1. The summed E-state index contributed by atoms with van der Waals surface area (Å²) in [5.74, 6) is 1.99. The molecule has 0 saturated heterocycles. The van der Waals surface area contributed by atoms with Crippen LogP contribution in [0.4, 0.5) is 0 Å². The molecule has 0 fully saturated rings. The van der Waals surface area contributed by atoms with Gasteiger partial charge in [-0.3, -0.25) is 5.87 Å². The summed E-state index contributed by atoms with van der Waals surface area (Å²) in [7, 11) is 0. The van der Waals surface area contributed by atoms with Crippen LogP contribution < -0.4 is 0 Å². The van der Waals surface area contributed by atoms with Gasteiger partial charge in [0.05, 0.1) is 5.57 Å². The molecule has 1 aromatic carbocycles. The van der Waals surface area contributed by atoms with Crippen molar-refractivity contribution in [3.05, 3.63) is 68.4 Å². The molecule has 0 atom stereocenters. The van der Waals surface area contributed by atoms with Crippen molar-refractivity contribution in [1.82, 2.24) is 4.98 Å². The standard InChI is InChI=1S/C19H9Cl2N4O/c20-15-3-4-17-16(7-15)25-19(26-17)14(10-24)6-13-2-1-12(18(13)21)5-11(8-22)9-23/h3-7H,1-2H2/q-1/b12-5+,14-6+. The van der Waals surface area contributed by atoms with E-state index in [1.54, 1.807) is 36.2 Å². The molecule has 1 aliphatic rings. The van der Waals surface area contributed by atoms with Gasteiger partial charge in [0.2, 0.25) is 5.89 Å². The highest BCUT2D eigenvalue weighted by Crippen LogP contribution is 2.37. The molecule has 1 aliphatic carbocycles. The van der Waals surface area contributed by atoms with Gasteiger partial charge in [0.1, 0.15) is 23.2 Å². The van der Waals surface area contributed by atoms with Crippen molar-refractivity contribution in [2.24, 2.45) is 0 Å². The largest absolute Gasteiger partial charge is 0.762 e.